The number of nitrogens with zero attached hydrogens (tertiary/aromatic N) is 2. The smallest absolute Gasteiger partial charge is 0.410 e. The zero-order valence-corrected chi connectivity index (χ0v) is 16.5. The van der Waals surface area contributed by atoms with Crippen molar-refractivity contribution in [2.45, 2.75) is 31.3 Å². The van der Waals surface area contributed by atoms with E-state index in [1.807, 2.05) is 20.8 Å². The van der Waals surface area contributed by atoms with Crippen LogP contribution in [0, 0.1) is 11.8 Å². The number of fused-ring (bicyclic) bond motifs is 1. The van der Waals surface area contributed by atoms with Crippen molar-refractivity contribution < 1.29 is 22.7 Å². The highest BCUT2D eigenvalue weighted by molar-refractivity contribution is 7.89. The van der Waals surface area contributed by atoms with Gasteiger partial charge >= 0.3 is 6.09 Å². The fourth-order valence-corrected chi connectivity index (χ4v) is 4.12. The first kappa shape index (κ1) is 19.6. The lowest BCUT2D eigenvalue weighted by Crippen LogP contribution is -2.38. The summed E-state index contributed by atoms with van der Waals surface area (Å²) < 4.78 is 28.0. The summed E-state index contributed by atoms with van der Waals surface area (Å²) in [7, 11) is -3.78. The largest absolute Gasteiger partial charge is 0.444 e. The van der Waals surface area contributed by atoms with Gasteiger partial charge in [-0.1, -0.05) is 0 Å². The molecule has 0 aromatic heterocycles. The van der Waals surface area contributed by atoms with Crippen molar-refractivity contribution in [3.8, 4) is 0 Å². The molecule has 2 atom stereocenters. The second-order valence-electron chi connectivity index (χ2n) is 8.19. The summed E-state index contributed by atoms with van der Waals surface area (Å²) in [6.45, 7) is 7.80. The predicted molar refractivity (Wildman–Crippen MR) is 98.5 cm³/mol. The SMILES string of the molecule is CC(C)(C)OC(=O)N1C[C@@H]2CN(C(=O)c3ccc(S(N)(=O)=O)cc3)C[C@@H]2C1. The molecule has 0 aliphatic carbocycles. The molecule has 2 heterocycles. The summed E-state index contributed by atoms with van der Waals surface area (Å²) in [6.07, 6.45) is -0.312. The van der Waals surface area contributed by atoms with Gasteiger partial charge in [-0.15, -0.1) is 0 Å². The summed E-state index contributed by atoms with van der Waals surface area (Å²) in [6, 6.07) is 5.62. The van der Waals surface area contributed by atoms with Gasteiger partial charge in [0.15, 0.2) is 0 Å². The molecule has 0 saturated carbocycles. The molecule has 0 unspecified atom stereocenters. The molecule has 2 aliphatic heterocycles. The number of nitrogens with two attached hydrogens (primary N) is 1. The van der Waals surface area contributed by atoms with E-state index in [-0.39, 0.29) is 28.7 Å². The quantitative estimate of drug-likeness (QED) is 0.811. The summed E-state index contributed by atoms with van der Waals surface area (Å²) in [5, 5.41) is 5.08. The van der Waals surface area contributed by atoms with Crippen molar-refractivity contribution in [3.63, 3.8) is 0 Å². The van der Waals surface area contributed by atoms with Crippen molar-refractivity contribution in [1.82, 2.24) is 9.80 Å². The van der Waals surface area contributed by atoms with Crippen LogP contribution in [0.3, 0.4) is 0 Å². The number of hydrogen-bond acceptors (Lipinski definition) is 5. The first-order valence-electron chi connectivity index (χ1n) is 8.84. The fourth-order valence-electron chi connectivity index (χ4n) is 3.60. The molecular weight excluding hydrogens is 370 g/mol. The number of likely N-dealkylation sites (tertiary alicyclic amines) is 2. The molecule has 148 valence electrons. The van der Waals surface area contributed by atoms with Gasteiger partial charge in [0.05, 0.1) is 4.90 Å². The van der Waals surface area contributed by atoms with E-state index in [1.54, 1.807) is 9.80 Å². The molecule has 27 heavy (non-hydrogen) atoms. The number of amides is 2. The molecule has 3 rings (SSSR count). The molecule has 2 amide bonds. The molecular formula is C18H25N3O5S. The third-order valence-electron chi connectivity index (χ3n) is 4.85. The first-order valence-corrected chi connectivity index (χ1v) is 10.4. The highest BCUT2D eigenvalue weighted by Crippen LogP contribution is 2.32. The summed E-state index contributed by atoms with van der Waals surface area (Å²) in [5.41, 5.74) is -0.105. The lowest BCUT2D eigenvalue weighted by atomic mass is 10.0. The number of carbonyl (C=O) groups is 2. The Labute approximate surface area is 159 Å². The van der Waals surface area contributed by atoms with Gasteiger partial charge in [-0.05, 0) is 45.0 Å². The summed E-state index contributed by atoms with van der Waals surface area (Å²) in [4.78, 5) is 28.3. The van der Waals surface area contributed by atoms with Crippen LogP contribution in [0.4, 0.5) is 4.79 Å². The van der Waals surface area contributed by atoms with Crippen LogP contribution in [0.5, 0.6) is 0 Å². The molecule has 0 radical (unpaired) electrons. The molecule has 2 N–H and O–H groups in total. The number of primary sulfonamides is 1. The van der Waals surface area contributed by atoms with Crippen molar-refractivity contribution in [2.75, 3.05) is 26.2 Å². The van der Waals surface area contributed by atoms with E-state index in [1.165, 1.54) is 24.3 Å². The van der Waals surface area contributed by atoms with Crippen LogP contribution in [-0.4, -0.2) is 62.0 Å². The van der Waals surface area contributed by atoms with Crippen LogP contribution >= 0.6 is 0 Å². The number of ether oxygens (including phenoxy) is 1. The zero-order chi connectivity index (χ0) is 20.0. The Kier molecular flexibility index (Phi) is 4.94. The fraction of sp³-hybridized carbons (Fsp3) is 0.556. The number of hydrogen-bond donors (Lipinski definition) is 1. The lowest BCUT2D eigenvalue weighted by Gasteiger charge is -2.26. The van der Waals surface area contributed by atoms with Gasteiger partial charge in [0.1, 0.15) is 5.60 Å². The van der Waals surface area contributed by atoms with Crippen LogP contribution in [0.1, 0.15) is 31.1 Å². The number of benzene rings is 1. The molecule has 0 bridgehead atoms. The maximum Gasteiger partial charge on any atom is 0.410 e. The van der Waals surface area contributed by atoms with E-state index in [2.05, 4.69) is 0 Å². The van der Waals surface area contributed by atoms with Crippen molar-refractivity contribution in [2.24, 2.45) is 17.0 Å². The van der Waals surface area contributed by atoms with Gasteiger partial charge < -0.3 is 14.5 Å². The van der Waals surface area contributed by atoms with E-state index in [9.17, 15) is 18.0 Å². The Balaban J connectivity index is 1.60. The van der Waals surface area contributed by atoms with E-state index < -0.39 is 15.6 Å². The average molecular weight is 395 g/mol. The summed E-state index contributed by atoms with van der Waals surface area (Å²) >= 11 is 0. The van der Waals surface area contributed by atoms with Crippen LogP contribution < -0.4 is 5.14 Å². The zero-order valence-electron chi connectivity index (χ0n) is 15.7. The summed E-state index contributed by atoms with van der Waals surface area (Å²) in [5.74, 6) is 0.310. The van der Waals surface area contributed by atoms with Crippen LogP contribution in [-0.2, 0) is 14.8 Å². The third kappa shape index (κ3) is 4.41. The van der Waals surface area contributed by atoms with Crippen molar-refractivity contribution >= 4 is 22.0 Å². The minimum atomic E-state index is -3.78. The van der Waals surface area contributed by atoms with Gasteiger partial charge in [-0.25, -0.2) is 18.4 Å². The Hall–Kier alpha value is -2.13. The molecule has 0 spiro atoms. The van der Waals surface area contributed by atoms with Gasteiger partial charge in [-0.3, -0.25) is 4.79 Å². The van der Waals surface area contributed by atoms with Crippen LogP contribution in [0.2, 0.25) is 0 Å². The van der Waals surface area contributed by atoms with E-state index in [4.69, 9.17) is 9.88 Å². The second-order valence-corrected chi connectivity index (χ2v) is 9.75. The maximum atomic E-state index is 12.7. The average Bonchev–Trinajstić information content (AvgIpc) is 3.10. The topological polar surface area (TPSA) is 110 Å². The standard InChI is InChI=1S/C18H25N3O5S/c1-18(2,3)26-17(23)21-10-13-8-20(9-14(13)11-21)16(22)12-4-6-15(7-5-12)27(19,24)25/h4-7,13-14H,8-11H2,1-3H3,(H2,19,24,25)/t13-,14+. The Morgan fingerprint density at radius 2 is 1.48 bits per heavy atom. The molecule has 8 nitrogen and oxygen atoms in total. The van der Waals surface area contributed by atoms with Gasteiger partial charge in [-0.2, -0.15) is 0 Å². The molecule has 1 aromatic rings. The first-order chi connectivity index (χ1) is 12.4. The van der Waals surface area contributed by atoms with E-state index in [0.717, 1.165) is 0 Å². The third-order valence-corrected chi connectivity index (χ3v) is 5.78. The minimum absolute atomic E-state index is 0.0228. The Morgan fingerprint density at radius 3 is 1.93 bits per heavy atom. The maximum absolute atomic E-state index is 12.7. The molecule has 9 heteroatoms. The number of carbonyl (C=O) groups excluding carboxylic acids is 2. The monoisotopic (exact) mass is 395 g/mol. The minimum Gasteiger partial charge on any atom is -0.444 e. The van der Waals surface area contributed by atoms with Crippen LogP contribution in [0.15, 0.2) is 29.2 Å². The Bertz CT molecular complexity index is 831. The normalized spacial score (nSPS) is 22.7. The van der Waals surface area contributed by atoms with Gasteiger partial charge in [0, 0.05) is 43.6 Å². The number of rotatable bonds is 2. The highest BCUT2D eigenvalue weighted by atomic mass is 32.2. The number of sulfonamides is 1. The molecule has 1 aromatic carbocycles. The van der Waals surface area contributed by atoms with Gasteiger partial charge in [0.25, 0.3) is 5.91 Å². The lowest BCUT2D eigenvalue weighted by molar-refractivity contribution is 0.0275. The van der Waals surface area contributed by atoms with Crippen molar-refractivity contribution in [1.29, 1.82) is 0 Å². The van der Waals surface area contributed by atoms with Gasteiger partial charge in [0.2, 0.25) is 10.0 Å². The van der Waals surface area contributed by atoms with Crippen LogP contribution in [0.25, 0.3) is 0 Å². The molecule has 2 saturated heterocycles. The second kappa shape index (κ2) is 6.79. The molecule has 2 aliphatic rings. The van der Waals surface area contributed by atoms with Crippen molar-refractivity contribution in [3.05, 3.63) is 29.8 Å². The van der Waals surface area contributed by atoms with E-state index in [0.29, 0.717) is 31.7 Å². The van der Waals surface area contributed by atoms with E-state index >= 15 is 0 Å². The highest BCUT2D eigenvalue weighted by Gasteiger charge is 2.44. The Morgan fingerprint density at radius 1 is 1.00 bits per heavy atom. The molecule has 2 fully saturated rings. The predicted octanol–water partition coefficient (Wildman–Crippen LogP) is 1.27.